The van der Waals surface area contributed by atoms with Gasteiger partial charge in [0.15, 0.2) is 0 Å². The van der Waals surface area contributed by atoms with Gasteiger partial charge in [-0.25, -0.2) is 0 Å². The topological polar surface area (TPSA) is 52.6 Å². The Morgan fingerprint density at radius 2 is 1.95 bits per heavy atom. The number of aliphatic hydroxyl groups is 1. The molecule has 1 amide bonds. The first kappa shape index (κ1) is 14.9. The van der Waals surface area contributed by atoms with Crippen LogP contribution in [0.4, 0.5) is 5.69 Å². The van der Waals surface area contributed by atoms with Gasteiger partial charge < -0.3 is 15.3 Å². The van der Waals surface area contributed by atoms with E-state index < -0.39 is 5.60 Å². The van der Waals surface area contributed by atoms with Crippen molar-refractivity contribution in [3.05, 3.63) is 30.3 Å². The first-order valence-electron chi connectivity index (χ1n) is 7.42. The maximum atomic E-state index is 12.0. The van der Waals surface area contributed by atoms with Crippen molar-refractivity contribution < 1.29 is 9.90 Å². The van der Waals surface area contributed by atoms with E-state index in [1.54, 1.807) is 0 Å². The number of amides is 1. The molecule has 0 spiro atoms. The number of nitrogens with zero attached hydrogens (tertiary/aromatic N) is 1. The second-order valence-electron chi connectivity index (χ2n) is 5.56. The molecular formula is C16H24N2O2. The van der Waals surface area contributed by atoms with E-state index in [4.69, 9.17) is 0 Å². The number of hydrogen-bond donors (Lipinski definition) is 2. The van der Waals surface area contributed by atoms with E-state index in [1.807, 2.05) is 42.2 Å². The zero-order chi connectivity index (χ0) is 14.4. The lowest BCUT2D eigenvalue weighted by Crippen LogP contribution is -2.44. The average Bonchev–Trinajstić information content (AvgIpc) is 2.91. The SMILES string of the molecule is CCN(CC(=O)NCC1(O)CCCC1)c1ccccc1. The van der Waals surface area contributed by atoms with Gasteiger partial charge in [0.1, 0.15) is 0 Å². The van der Waals surface area contributed by atoms with Crippen molar-refractivity contribution in [2.24, 2.45) is 0 Å². The van der Waals surface area contributed by atoms with Crippen LogP contribution >= 0.6 is 0 Å². The molecule has 1 aliphatic carbocycles. The number of carbonyl (C=O) groups excluding carboxylic acids is 1. The number of carbonyl (C=O) groups is 1. The highest BCUT2D eigenvalue weighted by molar-refractivity contribution is 5.81. The van der Waals surface area contributed by atoms with Crippen LogP contribution in [0, 0.1) is 0 Å². The normalized spacial score (nSPS) is 16.9. The van der Waals surface area contributed by atoms with E-state index in [-0.39, 0.29) is 5.91 Å². The Labute approximate surface area is 120 Å². The van der Waals surface area contributed by atoms with E-state index in [1.165, 1.54) is 0 Å². The lowest BCUT2D eigenvalue weighted by Gasteiger charge is -2.25. The van der Waals surface area contributed by atoms with Crippen LogP contribution in [-0.2, 0) is 4.79 Å². The van der Waals surface area contributed by atoms with Crippen molar-refractivity contribution in [1.29, 1.82) is 0 Å². The Kier molecular flexibility index (Phi) is 5.01. The molecule has 0 heterocycles. The molecule has 1 fully saturated rings. The van der Waals surface area contributed by atoms with Gasteiger partial charge in [-0.05, 0) is 31.9 Å². The summed E-state index contributed by atoms with van der Waals surface area (Å²) < 4.78 is 0. The molecule has 110 valence electrons. The Morgan fingerprint density at radius 3 is 2.55 bits per heavy atom. The van der Waals surface area contributed by atoms with E-state index in [0.717, 1.165) is 37.9 Å². The van der Waals surface area contributed by atoms with Crippen LogP contribution in [0.25, 0.3) is 0 Å². The van der Waals surface area contributed by atoms with Crippen LogP contribution in [-0.4, -0.2) is 36.2 Å². The van der Waals surface area contributed by atoms with Gasteiger partial charge in [0.2, 0.25) is 5.91 Å². The Balaban J connectivity index is 1.83. The molecule has 0 atom stereocenters. The molecule has 2 N–H and O–H groups in total. The molecule has 4 heteroatoms. The van der Waals surface area contributed by atoms with Crippen molar-refractivity contribution in [3.8, 4) is 0 Å². The van der Waals surface area contributed by atoms with Crippen molar-refractivity contribution in [2.75, 3.05) is 24.5 Å². The fourth-order valence-electron chi connectivity index (χ4n) is 2.73. The summed E-state index contributed by atoms with van der Waals surface area (Å²) in [4.78, 5) is 14.0. The second kappa shape index (κ2) is 6.75. The molecule has 4 nitrogen and oxygen atoms in total. The lowest BCUT2D eigenvalue weighted by molar-refractivity contribution is -0.121. The summed E-state index contributed by atoms with van der Waals surface area (Å²) in [6.07, 6.45) is 3.70. The van der Waals surface area contributed by atoms with Gasteiger partial charge in [-0.3, -0.25) is 4.79 Å². The van der Waals surface area contributed by atoms with Crippen LogP contribution in [0.2, 0.25) is 0 Å². The highest BCUT2D eigenvalue weighted by Gasteiger charge is 2.31. The number of anilines is 1. The zero-order valence-electron chi connectivity index (χ0n) is 12.1. The van der Waals surface area contributed by atoms with Gasteiger partial charge in [-0.1, -0.05) is 31.0 Å². The number of nitrogens with one attached hydrogen (secondary N) is 1. The molecule has 2 rings (SSSR count). The molecule has 0 aliphatic heterocycles. The molecule has 1 aromatic carbocycles. The Hall–Kier alpha value is -1.55. The molecule has 0 aromatic heterocycles. The minimum atomic E-state index is -0.681. The van der Waals surface area contributed by atoms with Crippen LogP contribution in [0.5, 0.6) is 0 Å². The molecule has 1 aliphatic rings. The predicted octanol–water partition coefficient (Wildman–Crippen LogP) is 1.93. The molecular weight excluding hydrogens is 252 g/mol. The number of likely N-dealkylation sites (N-methyl/N-ethyl adjacent to an activating group) is 1. The largest absolute Gasteiger partial charge is 0.388 e. The van der Waals surface area contributed by atoms with Crippen molar-refractivity contribution in [1.82, 2.24) is 5.32 Å². The lowest BCUT2D eigenvalue weighted by atomic mass is 10.0. The monoisotopic (exact) mass is 276 g/mol. The van der Waals surface area contributed by atoms with Gasteiger partial charge >= 0.3 is 0 Å². The summed E-state index contributed by atoms with van der Waals surface area (Å²) in [5, 5.41) is 13.1. The third kappa shape index (κ3) is 3.97. The van der Waals surface area contributed by atoms with E-state index >= 15 is 0 Å². The van der Waals surface area contributed by atoms with Crippen LogP contribution in [0.1, 0.15) is 32.6 Å². The molecule has 0 bridgehead atoms. The first-order chi connectivity index (χ1) is 9.63. The number of para-hydroxylation sites is 1. The van der Waals surface area contributed by atoms with E-state index in [9.17, 15) is 9.90 Å². The fraction of sp³-hybridized carbons (Fsp3) is 0.562. The Bertz CT molecular complexity index is 427. The van der Waals surface area contributed by atoms with Crippen molar-refractivity contribution in [2.45, 2.75) is 38.2 Å². The van der Waals surface area contributed by atoms with Gasteiger partial charge in [0, 0.05) is 18.8 Å². The summed E-state index contributed by atoms with van der Waals surface area (Å²) in [6.45, 7) is 3.52. The van der Waals surface area contributed by atoms with Crippen LogP contribution in [0.3, 0.4) is 0 Å². The summed E-state index contributed by atoms with van der Waals surface area (Å²) in [6, 6.07) is 9.91. The summed E-state index contributed by atoms with van der Waals surface area (Å²) in [5.74, 6) is -0.0315. The maximum absolute atomic E-state index is 12.0. The third-order valence-electron chi connectivity index (χ3n) is 3.99. The first-order valence-corrected chi connectivity index (χ1v) is 7.42. The molecule has 0 saturated heterocycles. The molecule has 0 unspecified atom stereocenters. The van der Waals surface area contributed by atoms with E-state index in [0.29, 0.717) is 13.1 Å². The smallest absolute Gasteiger partial charge is 0.239 e. The Morgan fingerprint density at radius 1 is 1.30 bits per heavy atom. The number of benzene rings is 1. The van der Waals surface area contributed by atoms with Crippen LogP contribution < -0.4 is 10.2 Å². The quantitative estimate of drug-likeness (QED) is 0.835. The average molecular weight is 276 g/mol. The summed E-state index contributed by atoms with van der Waals surface area (Å²) in [5.41, 5.74) is 0.365. The maximum Gasteiger partial charge on any atom is 0.239 e. The van der Waals surface area contributed by atoms with E-state index in [2.05, 4.69) is 5.32 Å². The molecule has 1 saturated carbocycles. The second-order valence-corrected chi connectivity index (χ2v) is 5.56. The third-order valence-corrected chi connectivity index (χ3v) is 3.99. The molecule has 20 heavy (non-hydrogen) atoms. The fourth-order valence-corrected chi connectivity index (χ4v) is 2.73. The van der Waals surface area contributed by atoms with Gasteiger partial charge in [0.05, 0.1) is 12.1 Å². The number of hydrogen-bond acceptors (Lipinski definition) is 3. The standard InChI is InChI=1S/C16H24N2O2/c1-2-18(14-8-4-3-5-9-14)12-15(19)17-13-16(20)10-6-7-11-16/h3-5,8-9,20H,2,6-7,10-13H2,1H3,(H,17,19). The van der Waals surface area contributed by atoms with Crippen LogP contribution in [0.15, 0.2) is 30.3 Å². The number of rotatable bonds is 6. The predicted molar refractivity (Wildman–Crippen MR) is 80.8 cm³/mol. The highest BCUT2D eigenvalue weighted by Crippen LogP contribution is 2.28. The molecule has 1 aromatic rings. The minimum Gasteiger partial charge on any atom is -0.388 e. The minimum absolute atomic E-state index is 0.0315. The highest BCUT2D eigenvalue weighted by atomic mass is 16.3. The summed E-state index contributed by atoms with van der Waals surface area (Å²) in [7, 11) is 0. The molecule has 0 radical (unpaired) electrons. The van der Waals surface area contributed by atoms with Gasteiger partial charge in [0.25, 0.3) is 0 Å². The van der Waals surface area contributed by atoms with Crippen molar-refractivity contribution >= 4 is 11.6 Å². The van der Waals surface area contributed by atoms with Gasteiger partial charge in [-0.2, -0.15) is 0 Å². The summed E-state index contributed by atoms with van der Waals surface area (Å²) >= 11 is 0. The zero-order valence-corrected chi connectivity index (χ0v) is 12.1. The van der Waals surface area contributed by atoms with Gasteiger partial charge in [-0.15, -0.1) is 0 Å². The van der Waals surface area contributed by atoms with Crippen molar-refractivity contribution in [3.63, 3.8) is 0 Å².